The first-order chi connectivity index (χ1) is 15.5. The van der Waals surface area contributed by atoms with E-state index in [2.05, 4.69) is 20.6 Å². The molecule has 0 radical (unpaired) electrons. The van der Waals surface area contributed by atoms with E-state index in [1.807, 2.05) is 37.3 Å². The molecule has 1 atom stereocenters. The average Bonchev–Trinajstić information content (AvgIpc) is 3.50. The number of carbonyl (C=O) groups excluding carboxylic acids is 1. The van der Waals surface area contributed by atoms with Crippen LogP contribution in [0.4, 0.5) is 14.9 Å². The fourth-order valence-electron chi connectivity index (χ4n) is 3.67. The molecule has 0 saturated carbocycles. The number of aryl methyl sites for hydroxylation is 1. The molecule has 0 spiro atoms. The van der Waals surface area contributed by atoms with Gasteiger partial charge in [-0.25, -0.2) is 18.5 Å². The topological polar surface area (TPSA) is 91.0 Å². The van der Waals surface area contributed by atoms with Crippen molar-refractivity contribution in [3.8, 4) is 11.3 Å². The zero-order valence-electron chi connectivity index (χ0n) is 17.3. The predicted molar refractivity (Wildman–Crippen MR) is 113 cm³/mol. The molecule has 9 nitrogen and oxygen atoms in total. The average molecular weight is 433 g/mol. The molecule has 2 aromatic carbocycles. The highest BCUT2D eigenvalue weighted by Crippen LogP contribution is 2.28. The van der Waals surface area contributed by atoms with Gasteiger partial charge in [0.15, 0.2) is 0 Å². The number of cyclic esters (lactones) is 1. The van der Waals surface area contributed by atoms with Gasteiger partial charge >= 0.3 is 6.09 Å². The Labute approximate surface area is 183 Å². The van der Waals surface area contributed by atoms with Gasteiger partial charge in [-0.3, -0.25) is 4.90 Å². The number of halogens is 1. The summed E-state index contributed by atoms with van der Waals surface area (Å²) < 4.78 is 23.6. The van der Waals surface area contributed by atoms with Crippen LogP contribution in [0.1, 0.15) is 11.3 Å². The van der Waals surface area contributed by atoms with Crippen LogP contribution in [0, 0.1) is 12.7 Å². The minimum atomic E-state index is -0.521. The lowest BCUT2D eigenvalue weighted by Crippen LogP contribution is -2.26. The Morgan fingerprint density at radius 3 is 2.62 bits per heavy atom. The maximum absolute atomic E-state index is 14.9. The molecule has 2 aromatic heterocycles. The largest absolute Gasteiger partial charge is 0.442 e. The molecule has 0 aliphatic carbocycles. The van der Waals surface area contributed by atoms with Crippen LogP contribution < -0.4 is 4.90 Å². The Balaban J connectivity index is 1.30. The summed E-state index contributed by atoms with van der Waals surface area (Å²) in [7, 11) is 0. The van der Waals surface area contributed by atoms with Gasteiger partial charge < -0.3 is 4.74 Å². The fraction of sp³-hybridized carbons (Fsp3) is 0.227. The van der Waals surface area contributed by atoms with Crippen LogP contribution in [0.15, 0.2) is 60.9 Å². The summed E-state index contributed by atoms with van der Waals surface area (Å²) in [5.41, 5.74) is 3.02. The van der Waals surface area contributed by atoms with E-state index in [1.54, 1.807) is 33.9 Å². The number of anilines is 1. The van der Waals surface area contributed by atoms with Crippen LogP contribution >= 0.6 is 0 Å². The van der Waals surface area contributed by atoms with E-state index in [9.17, 15) is 9.18 Å². The molecule has 1 unspecified atom stereocenters. The SMILES string of the molecule is Cc1cn(CC2CN(c3ccc(-c4cn(Cc5ccccc5)nn4)c(F)c3)C(=O)O2)nn1. The number of hydrogen-bond donors (Lipinski definition) is 0. The first-order valence-corrected chi connectivity index (χ1v) is 10.1. The number of carbonyl (C=O) groups is 1. The first kappa shape index (κ1) is 19.9. The molecule has 32 heavy (non-hydrogen) atoms. The van der Waals surface area contributed by atoms with Gasteiger partial charge in [-0.2, -0.15) is 0 Å². The van der Waals surface area contributed by atoms with Crippen molar-refractivity contribution >= 4 is 11.8 Å². The molecule has 0 bridgehead atoms. The van der Waals surface area contributed by atoms with Gasteiger partial charge in [-0.05, 0) is 30.7 Å². The number of rotatable bonds is 6. The van der Waals surface area contributed by atoms with E-state index in [0.717, 1.165) is 11.3 Å². The van der Waals surface area contributed by atoms with Crippen LogP contribution in [0.2, 0.25) is 0 Å². The second kappa shape index (κ2) is 8.22. The van der Waals surface area contributed by atoms with Crippen molar-refractivity contribution in [3.05, 3.63) is 78.0 Å². The number of hydrogen-bond acceptors (Lipinski definition) is 6. The molecule has 1 saturated heterocycles. The van der Waals surface area contributed by atoms with Crippen LogP contribution in [0.25, 0.3) is 11.3 Å². The Morgan fingerprint density at radius 2 is 1.88 bits per heavy atom. The lowest BCUT2D eigenvalue weighted by molar-refractivity contribution is 0.129. The van der Waals surface area contributed by atoms with Gasteiger partial charge in [-0.15, -0.1) is 10.2 Å². The summed E-state index contributed by atoms with van der Waals surface area (Å²) in [6.07, 6.45) is 2.55. The number of nitrogens with zero attached hydrogens (tertiary/aromatic N) is 7. The molecule has 1 fully saturated rings. The monoisotopic (exact) mass is 433 g/mol. The van der Waals surface area contributed by atoms with Crippen molar-refractivity contribution in [1.82, 2.24) is 30.0 Å². The van der Waals surface area contributed by atoms with E-state index < -0.39 is 18.0 Å². The minimum absolute atomic E-state index is 0.295. The van der Waals surface area contributed by atoms with Crippen molar-refractivity contribution in [2.45, 2.75) is 26.1 Å². The molecule has 162 valence electrons. The van der Waals surface area contributed by atoms with E-state index in [-0.39, 0.29) is 0 Å². The molecular formula is C22H20FN7O2. The Kier molecular flexibility index (Phi) is 5.10. The fourth-order valence-corrected chi connectivity index (χ4v) is 3.67. The summed E-state index contributed by atoms with van der Waals surface area (Å²) in [6, 6.07) is 14.4. The van der Waals surface area contributed by atoms with Gasteiger partial charge in [0.2, 0.25) is 0 Å². The van der Waals surface area contributed by atoms with E-state index in [4.69, 9.17) is 4.74 Å². The van der Waals surface area contributed by atoms with Crippen LogP contribution in [-0.4, -0.2) is 48.7 Å². The molecule has 1 aliphatic rings. The Bertz CT molecular complexity index is 1250. The second-order valence-corrected chi connectivity index (χ2v) is 7.65. The molecule has 4 aromatic rings. The number of aromatic nitrogens is 6. The Hall–Kier alpha value is -4.08. The van der Waals surface area contributed by atoms with Crippen molar-refractivity contribution in [3.63, 3.8) is 0 Å². The molecule has 5 rings (SSSR count). The van der Waals surface area contributed by atoms with Gasteiger partial charge in [0.1, 0.15) is 17.6 Å². The third-order valence-corrected chi connectivity index (χ3v) is 5.18. The van der Waals surface area contributed by atoms with Crippen molar-refractivity contribution < 1.29 is 13.9 Å². The zero-order valence-corrected chi connectivity index (χ0v) is 17.3. The first-order valence-electron chi connectivity index (χ1n) is 10.1. The van der Waals surface area contributed by atoms with Crippen molar-refractivity contribution in [2.24, 2.45) is 0 Å². The lowest BCUT2D eigenvalue weighted by atomic mass is 10.1. The lowest BCUT2D eigenvalue weighted by Gasteiger charge is -2.14. The van der Waals surface area contributed by atoms with E-state index in [0.29, 0.717) is 36.6 Å². The highest BCUT2D eigenvalue weighted by Gasteiger charge is 2.33. The predicted octanol–water partition coefficient (Wildman–Crippen LogP) is 3.06. The minimum Gasteiger partial charge on any atom is -0.442 e. The number of amides is 1. The zero-order chi connectivity index (χ0) is 22.1. The molecule has 10 heteroatoms. The van der Waals surface area contributed by atoms with Crippen LogP contribution in [0.5, 0.6) is 0 Å². The molecule has 1 amide bonds. The third kappa shape index (κ3) is 4.07. The summed E-state index contributed by atoms with van der Waals surface area (Å²) in [6.45, 7) is 3.05. The smallest absolute Gasteiger partial charge is 0.414 e. The van der Waals surface area contributed by atoms with Crippen LogP contribution in [-0.2, 0) is 17.8 Å². The molecular weight excluding hydrogens is 413 g/mol. The van der Waals surface area contributed by atoms with Crippen LogP contribution in [0.3, 0.4) is 0 Å². The summed E-state index contributed by atoms with van der Waals surface area (Å²) >= 11 is 0. The van der Waals surface area contributed by atoms with Crippen molar-refractivity contribution in [2.75, 3.05) is 11.4 Å². The van der Waals surface area contributed by atoms with Gasteiger partial charge in [-0.1, -0.05) is 40.8 Å². The molecule has 0 N–H and O–H groups in total. The van der Waals surface area contributed by atoms with Crippen molar-refractivity contribution in [1.29, 1.82) is 0 Å². The number of benzene rings is 2. The molecule has 1 aliphatic heterocycles. The normalized spacial score (nSPS) is 15.9. The standard InChI is InChI=1S/C22H20FN7O2/c1-15-10-28(26-24-15)12-18-13-30(22(31)32-18)17-7-8-19(20(23)9-17)21-14-29(27-25-21)11-16-5-3-2-4-6-16/h2-10,14,18H,11-13H2,1H3. The quantitative estimate of drug-likeness (QED) is 0.464. The summed E-state index contributed by atoms with van der Waals surface area (Å²) in [5.74, 6) is -0.489. The second-order valence-electron chi connectivity index (χ2n) is 7.65. The molecule has 3 heterocycles. The van der Waals surface area contributed by atoms with Gasteiger partial charge in [0, 0.05) is 11.8 Å². The van der Waals surface area contributed by atoms with E-state index in [1.165, 1.54) is 11.0 Å². The van der Waals surface area contributed by atoms with E-state index >= 15 is 0 Å². The highest BCUT2D eigenvalue weighted by molar-refractivity contribution is 5.90. The highest BCUT2D eigenvalue weighted by atomic mass is 19.1. The van der Waals surface area contributed by atoms with Gasteiger partial charge in [0.05, 0.1) is 37.2 Å². The summed E-state index contributed by atoms with van der Waals surface area (Å²) in [5, 5.41) is 16.1. The Morgan fingerprint density at radius 1 is 1.06 bits per heavy atom. The maximum Gasteiger partial charge on any atom is 0.414 e. The maximum atomic E-state index is 14.9. The third-order valence-electron chi connectivity index (χ3n) is 5.18. The summed E-state index contributed by atoms with van der Waals surface area (Å²) in [4.78, 5) is 13.7. The number of ether oxygens (including phenoxy) is 1. The van der Waals surface area contributed by atoms with Gasteiger partial charge in [0.25, 0.3) is 0 Å².